The van der Waals surface area contributed by atoms with Crippen LogP contribution in [0.4, 0.5) is 34.1 Å². The average Bonchev–Trinajstić information content (AvgIpc) is 3.78. The molecule has 4 heterocycles. The van der Waals surface area contributed by atoms with Gasteiger partial charge < -0.3 is 18.6 Å². The standard InChI is InChI=1S/C46H41BN2O2/c1-45(2,3)32-20-24-34(25-21-32)48-36-18-13-19-37-42(36)47(43-38(48)28-40(50-43)30-14-9-7-10-15-30)44-39(29-41(51-44)31-16-11-8-12-17-31)49(37)35-26-22-33(23-27-35)46(4,5)6/h7-29H,1-6H3. The highest BCUT2D eigenvalue weighted by molar-refractivity contribution is 6.99. The molecule has 0 radical (unpaired) electrons. The van der Waals surface area contributed by atoms with E-state index in [-0.39, 0.29) is 17.5 Å². The Balaban J connectivity index is 1.31. The van der Waals surface area contributed by atoms with Crippen LogP contribution in [0.2, 0.25) is 0 Å². The lowest BCUT2D eigenvalue weighted by molar-refractivity contribution is 0.590. The van der Waals surface area contributed by atoms with Gasteiger partial charge in [-0.25, -0.2) is 0 Å². The Morgan fingerprint density at radius 1 is 0.431 bits per heavy atom. The van der Waals surface area contributed by atoms with Crippen LogP contribution in [-0.2, 0) is 10.8 Å². The summed E-state index contributed by atoms with van der Waals surface area (Å²) in [5.74, 6) is 1.67. The highest BCUT2D eigenvalue weighted by Crippen LogP contribution is 2.47. The number of furan rings is 2. The molecule has 0 saturated carbocycles. The monoisotopic (exact) mass is 664 g/mol. The van der Waals surface area contributed by atoms with Crippen LogP contribution >= 0.6 is 0 Å². The highest BCUT2D eigenvalue weighted by Gasteiger charge is 2.48. The first kappa shape index (κ1) is 31.3. The number of fused-ring (bicyclic) bond motifs is 4. The second-order valence-corrected chi connectivity index (χ2v) is 15.9. The fraction of sp³-hybridized carbons (Fsp3) is 0.174. The van der Waals surface area contributed by atoms with Crippen molar-refractivity contribution >= 4 is 57.6 Å². The van der Waals surface area contributed by atoms with Crippen LogP contribution in [0.5, 0.6) is 0 Å². The van der Waals surface area contributed by atoms with Crippen molar-refractivity contribution in [3.05, 3.63) is 151 Å². The molecule has 0 N–H and O–H groups in total. The van der Waals surface area contributed by atoms with Crippen molar-refractivity contribution in [1.29, 1.82) is 0 Å². The fourth-order valence-corrected chi connectivity index (χ4v) is 7.69. The van der Waals surface area contributed by atoms with Crippen LogP contribution in [-0.4, -0.2) is 6.71 Å². The van der Waals surface area contributed by atoms with Gasteiger partial charge in [0.1, 0.15) is 22.8 Å². The molecule has 9 rings (SSSR count). The summed E-state index contributed by atoms with van der Waals surface area (Å²) in [5, 5.41) is 0. The van der Waals surface area contributed by atoms with E-state index in [0.717, 1.165) is 68.1 Å². The van der Waals surface area contributed by atoms with E-state index in [1.54, 1.807) is 0 Å². The lowest BCUT2D eigenvalue weighted by Crippen LogP contribution is -2.60. The summed E-state index contributed by atoms with van der Waals surface area (Å²) in [6, 6.07) is 49.9. The first-order valence-corrected chi connectivity index (χ1v) is 17.9. The zero-order valence-electron chi connectivity index (χ0n) is 30.1. The van der Waals surface area contributed by atoms with Crippen molar-refractivity contribution < 1.29 is 8.83 Å². The van der Waals surface area contributed by atoms with Crippen molar-refractivity contribution in [2.24, 2.45) is 0 Å². The summed E-state index contributed by atoms with van der Waals surface area (Å²) < 4.78 is 14.0. The molecule has 2 aliphatic rings. The Labute approximate surface area is 301 Å². The molecule has 0 saturated heterocycles. The molecule has 2 aromatic heterocycles. The van der Waals surface area contributed by atoms with E-state index in [0.29, 0.717) is 0 Å². The molecule has 2 aliphatic heterocycles. The summed E-state index contributed by atoms with van der Waals surface area (Å²) in [4.78, 5) is 4.75. The molecule has 0 fully saturated rings. The number of anilines is 6. The van der Waals surface area contributed by atoms with Crippen LogP contribution in [0.3, 0.4) is 0 Å². The van der Waals surface area contributed by atoms with Crippen LogP contribution in [0.25, 0.3) is 22.6 Å². The summed E-state index contributed by atoms with van der Waals surface area (Å²) in [7, 11) is 0. The third kappa shape index (κ3) is 5.14. The molecule has 0 aliphatic carbocycles. The Hall–Kier alpha value is -5.68. The van der Waals surface area contributed by atoms with Gasteiger partial charge in [-0.2, -0.15) is 0 Å². The molecule has 0 unspecified atom stereocenters. The zero-order valence-corrected chi connectivity index (χ0v) is 30.1. The quantitative estimate of drug-likeness (QED) is 0.175. The van der Waals surface area contributed by atoms with Gasteiger partial charge in [-0.1, -0.05) is 133 Å². The maximum absolute atomic E-state index is 7.02. The largest absolute Gasteiger partial charge is 0.468 e. The smallest absolute Gasteiger partial charge is 0.342 e. The molecule has 0 amide bonds. The SMILES string of the molecule is CC(C)(C)c1ccc(N2c3cc(-c4ccccc4)oc3B3c4oc(-c5ccccc5)cc4N(c4ccc(C(C)(C)C)cc4)c4cccc2c43)cc1. The minimum atomic E-state index is -0.244. The first-order valence-electron chi connectivity index (χ1n) is 17.9. The number of hydrogen-bond donors (Lipinski definition) is 0. The number of hydrogen-bond acceptors (Lipinski definition) is 4. The number of benzene rings is 5. The topological polar surface area (TPSA) is 32.8 Å². The molecule has 0 spiro atoms. The third-order valence-electron chi connectivity index (χ3n) is 10.4. The number of rotatable bonds is 4. The van der Waals surface area contributed by atoms with Gasteiger partial charge in [0.2, 0.25) is 0 Å². The van der Waals surface area contributed by atoms with E-state index in [9.17, 15) is 0 Å². The normalized spacial score (nSPS) is 13.6. The van der Waals surface area contributed by atoms with Gasteiger partial charge in [0.15, 0.2) is 0 Å². The molecule has 7 aromatic rings. The Morgan fingerprint density at radius 3 is 1.20 bits per heavy atom. The maximum atomic E-state index is 7.02. The van der Waals surface area contributed by atoms with E-state index in [1.165, 1.54) is 16.6 Å². The molecule has 51 heavy (non-hydrogen) atoms. The zero-order chi connectivity index (χ0) is 35.1. The molecule has 250 valence electrons. The molecule has 5 aromatic carbocycles. The minimum Gasteiger partial charge on any atom is -0.468 e. The summed E-state index contributed by atoms with van der Waals surface area (Å²) >= 11 is 0. The van der Waals surface area contributed by atoms with E-state index in [2.05, 4.69) is 179 Å². The molecular formula is C46H41BN2O2. The second-order valence-electron chi connectivity index (χ2n) is 15.9. The van der Waals surface area contributed by atoms with E-state index < -0.39 is 0 Å². The first-order chi connectivity index (χ1) is 24.6. The second kappa shape index (κ2) is 11.4. The van der Waals surface area contributed by atoms with Crippen LogP contribution in [0, 0.1) is 0 Å². The van der Waals surface area contributed by atoms with Gasteiger partial charge in [0.05, 0.1) is 11.4 Å². The summed E-state index contributed by atoms with van der Waals surface area (Å²) in [6.45, 7) is 13.3. The van der Waals surface area contributed by atoms with Crippen molar-refractivity contribution in [3.8, 4) is 22.6 Å². The van der Waals surface area contributed by atoms with Crippen LogP contribution in [0.1, 0.15) is 52.7 Å². The van der Waals surface area contributed by atoms with Crippen LogP contribution in [0.15, 0.2) is 148 Å². The molecule has 4 nitrogen and oxygen atoms in total. The van der Waals surface area contributed by atoms with Crippen molar-refractivity contribution in [2.45, 2.75) is 52.4 Å². The van der Waals surface area contributed by atoms with Gasteiger partial charge in [-0.15, -0.1) is 0 Å². The van der Waals surface area contributed by atoms with Gasteiger partial charge in [0.25, 0.3) is 0 Å². The predicted octanol–water partition coefficient (Wildman–Crippen LogP) is 10.9. The Kier molecular flexibility index (Phi) is 7.02. The highest BCUT2D eigenvalue weighted by atomic mass is 16.4. The molecule has 0 bridgehead atoms. The summed E-state index contributed by atoms with van der Waals surface area (Å²) in [6.07, 6.45) is 0. The maximum Gasteiger partial charge on any atom is 0.342 e. The van der Waals surface area contributed by atoms with Crippen molar-refractivity contribution in [2.75, 3.05) is 9.80 Å². The molecule has 0 atom stereocenters. The fourth-order valence-electron chi connectivity index (χ4n) is 7.69. The molecular weight excluding hydrogens is 623 g/mol. The third-order valence-corrected chi connectivity index (χ3v) is 10.4. The van der Waals surface area contributed by atoms with Gasteiger partial charge in [0, 0.05) is 46.0 Å². The summed E-state index contributed by atoms with van der Waals surface area (Å²) in [5.41, 5.74) is 14.2. The Morgan fingerprint density at radius 2 is 0.824 bits per heavy atom. The Bertz CT molecular complexity index is 2210. The predicted molar refractivity (Wildman–Crippen MR) is 213 cm³/mol. The van der Waals surface area contributed by atoms with E-state index in [1.807, 2.05) is 12.1 Å². The lowest BCUT2D eigenvalue weighted by atomic mass is 9.38. The number of nitrogens with zero attached hydrogens (tertiary/aromatic N) is 2. The van der Waals surface area contributed by atoms with Gasteiger partial charge in [-0.3, -0.25) is 0 Å². The van der Waals surface area contributed by atoms with E-state index in [4.69, 9.17) is 8.83 Å². The molecule has 5 heteroatoms. The minimum absolute atomic E-state index is 0.0495. The van der Waals surface area contributed by atoms with Gasteiger partial charge in [-0.05, 0) is 63.8 Å². The van der Waals surface area contributed by atoms with Crippen molar-refractivity contribution in [1.82, 2.24) is 0 Å². The van der Waals surface area contributed by atoms with Crippen LogP contribution < -0.4 is 26.6 Å². The lowest BCUT2D eigenvalue weighted by Gasteiger charge is -2.40. The van der Waals surface area contributed by atoms with Crippen molar-refractivity contribution in [3.63, 3.8) is 0 Å². The average molecular weight is 665 g/mol. The van der Waals surface area contributed by atoms with E-state index >= 15 is 0 Å². The van der Waals surface area contributed by atoms with Gasteiger partial charge >= 0.3 is 6.71 Å².